The van der Waals surface area contributed by atoms with Crippen LogP contribution in [0.5, 0.6) is 5.75 Å². The van der Waals surface area contributed by atoms with Gasteiger partial charge < -0.3 is 10.5 Å². The highest BCUT2D eigenvalue weighted by Gasteiger charge is 1.96. The summed E-state index contributed by atoms with van der Waals surface area (Å²) in [4.78, 5) is 10.4. The number of para-hydroxylation sites is 1. The standard InChI is InChI=1S/C9H9ClO.C8H11NO/c10-9(11)7-6-8-4-2-1-3-5-8;9-6-7-10-8-4-2-1-3-5-8/h1-5H,6-7H2;1-5H,6-7,9H2. The Hall–Kier alpha value is -1.84. The minimum atomic E-state index is -0.270. The number of aryl methyl sites for hydroxylation is 1. The Morgan fingerprint density at radius 2 is 1.57 bits per heavy atom. The Bertz CT molecular complexity index is 503. The average Bonchev–Trinajstić information content (AvgIpc) is 2.53. The van der Waals surface area contributed by atoms with Crippen molar-refractivity contribution in [2.45, 2.75) is 12.8 Å². The number of nitrogens with two attached hydrogens (primary N) is 1. The van der Waals surface area contributed by atoms with Gasteiger partial charge in [0, 0.05) is 13.0 Å². The SMILES string of the molecule is NCCOc1ccccc1.O=C(Cl)CCc1ccccc1. The third-order valence-corrected chi connectivity index (χ3v) is 2.77. The maximum atomic E-state index is 10.4. The van der Waals surface area contributed by atoms with Gasteiger partial charge in [-0.3, -0.25) is 4.79 Å². The van der Waals surface area contributed by atoms with Crippen LogP contribution in [0.4, 0.5) is 0 Å². The molecule has 0 saturated carbocycles. The van der Waals surface area contributed by atoms with E-state index in [1.807, 2.05) is 60.7 Å². The molecule has 0 saturated heterocycles. The van der Waals surface area contributed by atoms with Crippen molar-refractivity contribution in [3.8, 4) is 5.75 Å². The highest BCUT2D eigenvalue weighted by Crippen LogP contribution is 2.07. The van der Waals surface area contributed by atoms with E-state index in [0.717, 1.165) is 17.7 Å². The molecule has 0 heterocycles. The Morgan fingerprint density at radius 3 is 2.10 bits per heavy atom. The van der Waals surface area contributed by atoms with E-state index < -0.39 is 0 Å². The van der Waals surface area contributed by atoms with Crippen molar-refractivity contribution >= 4 is 16.8 Å². The van der Waals surface area contributed by atoms with E-state index in [0.29, 0.717) is 19.6 Å². The lowest BCUT2D eigenvalue weighted by molar-refractivity contribution is -0.111. The number of rotatable bonds is 6. The molecule has 0 atom stereocenters. The van der Waals surface area contributed by atoms with Gasteiger partial charge in [-0.25, -0.2) is 0 Å². The van der Waals surface area contributed by atoms with Crippen LogP contribution in [0.1, 0.15) is 12.0 Å². The van der Waals surface area contributed by atoms with Crippen LogP contribution >= 0.6 is 11.6 Å². The molecule has 4 heteroatoms. The van der Waals surface area contributed by atoms with E-state index in [-0.39, 0.29) is 5.24 Å². The van der Waals surface area contributed by atoms with Gasteiger partial charge in [-0.2, -0.15) is 0 Å². The molecule has 0 aliphatic rings. The van der Waals surface area contributed by atoms with Crippen molar-refractivity contribution in [2.75, 3.05) is 13.2 Å². The summed E-state index contributed by atoms with van der Waals surface area (Å²) in [6.45, 7) is 1.15. The molecule has 2 N–H and O–H groups in total. The van der Waals surface area contributed by atoms with Crippen molar-refractivity contribution < 1.29 is 9.53 Å². The first-order valence-corrected chi connectivity index (χ1v) is 7.20. The lowest BCUT2D eigenvalue weighted by atomic mass is 10.1. The largest absolute Gasteiger partial charge is 0.492 e. The van der Waals surface area contributed by atoms with E-state index in [4.69, 9.17) is 22.1 Å². The van der Waals surface area contributed by atoms with Crippen molar-refractivity contribution in [3.05, 3.63) is 66.2 Å². The van der Waals surface area contributed by atoms with Crippen LogP contribution < -0.4 is 10.5 Å². The monoisotopic (exact) mass is 305 g/mol. The van der Waals surface area contributed by atoms with E-state index in [9.17, 15) is 4.79 Å². The van der Waals surface area contributed by atoms with Crippen LogP contribution in [0.2, 0.25) is 0 Å². The molecular formula is C17H20ClNO2. The molecule has 0 fully saturated rings. The van der Waals surface area contributed by atoms with Crippen LogP contribution in [0.15, 0.2) is 60.7 Å². The molecule has 21 heavy (non-hydrogen) atoms. The normalized spacial score (nSPS) is 9.43. The van der Waals surface area contributed by atoms with Gasteiger partial charge in [0.2, 0.25) is 5.24 Å². The maximum absolute atomic E-state index is 10.4. The van der Waals surface area contributed by atoms with Crippen LogP contribution in [0, 0.1) is 0 Å². The van der Waals surface area contributed by atoms with Gasteiger partial charge in [-0.1, -0.05) is 48.5 Å². The minimum absolute atomic E-state index is 0.270. The summed E-state index contributed by atoms with van der Waals surface area (Å²) >= 11 is 5.19. The molecule has 3 nitrogen and oxygen atoms in total. The van der Waals surface area contributed by atoms with Gasteiger partial charge in [0.15, 0.2) is 0 Å². The summed E-state index contributed by atoms with van der Waals surface area (Å²) in [6.07, 6.45) is 1.16. The van der Waals surface area contributed by atoms with Gasteiger partial charge in [-0.05, 0) is 35.7 Å². The smallest absolute Gasteiger partial charge is 0.221 e. The summed E-state index contributed by atoms with van der Waals surface area (Å²) in [7, 11) is 0. The van der Waals surface area contributed by atoms with E-state index in [2.05, 4.69) is 0 Å². The molecular weight excluding hydrogens is 286 g/mol. The lowest BCUT2D eigenvalue weighted by Gasteiger charge is -2.01. The third-order valence-electron chi connectivity index (χ3n) is 2.58. The van der Waals surface area contributed by atoms with Crippen LogP contribution in [-0.2, 0) is 11.2 Å². The molecule has 112 valence electrons. The molecule has 0 aliphatic carbocycles. The first-order chi connectivity index (χ1) is 10.2. The average molecular weight is 306 g/mol. The zero-order valence-corrected chi connectivity index (χ0v) is 12.6. The fraction of sp³-hybridized carbons (Fsp3) is 0.235. The van der Waals surface area contributed by atoms with Crippen LogP contribution in [0.25, 0.3) is 0 Å². The number of ether oxygens (including phenoxy) is 1. The summed E-state index contributed by atoms with van der Waals surface area (Å²) in [5, 5.41) is -0.270. The molecule has 0 amide bonds. The molecule has 0 aromatic heterocycles. The number of halogens is 1. The van der Waals surface area contributed by atoms with Crippen molar-refractivity contribution in [2.24, 2.45) is 5.73 Å². The van der Waals surface area contributed by atoms with Gasteiger partial charge in [0.1, 0.15) is 12.4 Å². The quantitative estimate of drug-likeness (QED) is 0.832. The molecule has 2 aromatic carbocycles. The fourth-order valence-electron chi connectivity index (χ4n) is 1.58. The number of hydrogen-bond acceptors (Lipinski definition) is 3. The minimum Gasteiger partial charge on any atom is -0.492 e. The highest BCUT2D eigenvalue weighted by atomic mass is 35.5. The van der Waals surface area contributed by atoms with Gasteiger partial charge in [0.05, 0.1) is 0 Å². The second kappa shape index (κ2) is 10.9. The molecule has 0 aliphatic heterocycles. The van der Waals surface area contributed by atoms with Gasteiger partial charge >= 0.3 is 0 Å². The maximum Gasteiger partial charge on any atom is 0.221 e. The predicted octanol–water partition coefficient (Wildman–Crippen LogP) is 3.41. The first-order valence-electron chi connectivity index (χ1n) is 6.82. The van der Waals surface area contributed by atoms with Gasteiger partial charge in [-0.15, -0.1) is 0 Å². The first kappa shape index (κ1) is 17.2. The molecule has 2 rings (SSSR count). The number of carbonyl (C=O) groups excluding carboxylic acids is 1. The second-order valence-corrected chi connectivity index (χ2v) is 4.71. The summed E-state index contributed by atoms with van der Waals surface area (Å²) in [5.74, 6) is 0.882. The highest BCUT2D eigenvalue weighted by molar-refractivity contribution is 6.63. The molecule has 0 unspecified atom stereocenters. The zero-order valence-electron chi connectivity index (χ0n) is 11.9. The van der Waals surface area contributed by atoms with Crippen molar-refractivity contribution in [3.63, 3.8) is 0 Å². The zero-order chi connectivity index (χ0) is 15.3. The lowest BCUT2D eigenvalue weighted by Crippen LogP contribution is -2.10. The molecule has 0 radical (unpaired) electrons. The third kappa shape index (κ3) is 8.84. The Balaban J connectivity index is 0.000000211. The molecule has 0 bridgehead atoms. The fourth-order valence-corrected chi connectivity index (χ4v) is 1.68. The predicted molar refractivity (Wildman–Crippen MR) is 86.6 cm³/mol. The van der Waals surface area contributed by atoms with Crippen molar-refractivity contribution in [1.82, 2.24) is 0 Å². The van der Waals surface area contributed by atoms with Crippen LogP contribution in [0.3, 0.4) is 0 Å². The number of hydrogen-bond donors (Lipinski definition) is 1. The Kier molecular flexibility index (Phi) is 8.93. The molecule has 2 aromatic rings. The number of benzene rings is 2. The summed E-state index contributed by atoms with van der Waals surface area (Å²) in [6, 6.07) is 19.5. The van der Waals surface area contributed by atoms with Crippen LogP contribution in [-0.4, -0.2) is 18.4 Å². The second-order valence-electron chi connectivity index (χ2n) is 4.29. The summed E-state index contributed by atoms with van der Waals surface area (Å²) in [5.41, 5.74) is 6.41. The van der Waals surface area contributed by atoms with E-state index in [1.54, 1.807) is 0 Å². The van der Waals surface area contributed by atoms with Crippen molar-refractivity contribution in [1.29, 1.82) is 0 Å². The number of carbonyl (C=O) groups is 1. The topological polar surface area (TPSA) is 52.3 Å². The Morgan fingerprint density at radius 1 is 1.00 bits per heavy atom. The van der Waals surface area contributed by atoms with E-state index >= 15 is 0 Å². The molecule has 0 spiro atoms. The Labute approximate surface area is 130 Å². The summed E-state index contributed by atoms with van der Waals surface area (Å²) < 4.78 is 5.23. The van der Waals surface area contributed by atoms with E-state index in [1.165, 1.54) is 0 Å². The van der Waals surface area contributed by atoms with Gasteiger partial charge in [0.25, 0.3) is 0 Å².